The molecule has 2 unspecified atom stereocenters. The summed E-state index contributed by atoms with van der Waals surface area (Å²) in [5, 5.41) is 10.6. The topological polar surface area (TPSA) is 237 Å². The number of esters is 4. The Bertz CT molecular complexity index is 1740. The molecule has 0 aromatic heterocycles. The van der Waals surface area contributed by atoms with E-state index >= 15 is 0 Å². The van der Waals surface area contributed by atoms with Crippen LogP contribution in [0.15, 0.2) is 0 Å². The quantitative estimate of drug-likeness (QED) is 0.0222. The fourth-order valence-electron chi connectivity index (χ4n) is 10.8. The molecule has 0 aliphatic heterocycles. The first-order valence-corrected chi connectivity index (χ1v) is 40.1. The number of aliphatic hydroxyl groups is 1. The number of unbranched alkanes of at least 4 members (excludes halogenated alkanes) is 43. The first-order valence-electron chi connectivity index (χ1n) is 37.1. The number of rotatable bonds is 71. The Morgan fingerprint density at radius 1 is 0.300 bits per heavy atom. The van der Waals surface area contributed by atoms with Gasteiger partial charge in [-0.3, -0.25) is 37.3 Å². The summed E-state index contributed by atoms with van der Waals surface area (Å²) >= 11 is 0. The van der Waals surface area contributed by atoms with Crippen molar-refractivity contribution in [2.24, 2.45) is 5.92 Å². The molecular formula is C71H138O17P2. The number of aliphatic hydroxyl groups excluding tert-OH is 1. The fourth-order valence-corrected chi connectivity index (χ4v) is 12.4. The maximum Gasteiger partial charge on any atom is 0.472 e. The largest absolute Gasteiger partial charge is 0.472 e. The molecule has 0 radical (unpaired) electrons. The molecule has 0 rings (SSSR count). The zero-order valence-electron chi connectivity index (χ0n) is 58.3. The van der Waals surface area contributed by atoms with Gasteiger partial charge in [0, 0.05) is 25.7 Å². The highest BCUT2D eigenvalue weighted by atomic mass is 31.2. The SMILES string of the molecule is CCCCCCCCCCCCCCCCCCC(=O)O[C@H](COC(=O)CCCCCCCCCCCCCCCC)COP(=O)(O)OC[C@@H](O)COP(=O)(O)OC[C@@H](COC(=O)CCCCCCCCCCC)OC(=O)CCCCCCCCCCC(C)C. The first-order chi connectivity index (χ1) is 43.5. The van der Waals surface area contributed by atoms with Crippen LogP contribution in [0.5, 0.6) is 0 Å². The van der Waals surface area contributed by atoms with Gasteiger partial charge in [0.1, 0.15) is 19.3 Å². The number of hydrogen-bond acceptors (Lipinski definition) is 15. The van der Waals surface area contributed by atoms with Gasteiger partial charge in [0.15, 0.2) is 12.2 Å². The van der Waals surface area contributed by atoms with Crippen molar-refractivity contribution in [2.45, 2.75) is 387 Å². The average Bonchev–Trinajstić information content (AvgIpc) is 3.28. The van der Waals surface area contributed by atoms with E-state index in [9.17, 15) is 43.2 Å². The molecule has 0 heterocycles. The number of carbonyl (C=O) groups excluding carboxylic acids is 4. The zero-order chi connectivity index (χ0) is 66.3. The predicted octanol–water partition coefficient (Wildman–Crippen LogP) is 20.5. The fraction of sp³-hybridized carbons (Fsp3) is 0.944. The van der Waals surface area contributed by atoms with E-state index in [0.29, 0.717) is 25.7 Å². The second-order valence-electron chi connectivity index (χ2n) is 26.1. The van der Waals surface area contributed by atoms with Crippen LogP contribution in [0.2, 0.25) is 0 Å². The van der Waals surface area contributed by atoms with Crippen molar-refractivity contribution in [3.63, 3.8) is 0 Å². The van der Waals surface area contributed by atoms with Crippen molar-refractivity contribution < 1.29 is 80.2 Å². The van der Waals surface area contributed by atoms with Gasteiger partial charge >= 0.3 is 39.5 Å². The van der Waals surface area contributed by atoms with Crippen LogP contribution in [0.25, 0.3) is 0 Å². The van der Waals surface area contributed by atoms with Crippen molar-refractivity contribution in [2.75, 3.05) is 39.6 Å². The third kappa shape index (κ3) is 64.8. The Kier molecular flexibility index (Phi) is 63.0. The lowest BCUT2D eigenvalue weighted by Gasteiger charge is -2.21. The van der Waals surface area contributed by atoms with Crippen molar-refractivity contribution >= 4 is 39.5 Å². The summed E-state index contributed by atoms with van der Waals surface area (Å²) in [5.41, 5.74) is 0. The Hall–Kier alpha value is -1.94. The van der Waals surface area contributed by atoms with Crippen LogP contribution >= 0.6 is 15.6 Å². The summed E-state index contributed by atoms with van der Waals surface area (Å²) in [6, 6.07) is 0. The van der Waals surface area contributed by atoms with Crippen molar-refractivity contribution in [3.8, 4) is 0 Å². The number of phosphoric ester groups is 2. The summed E-state index contributed by atoms with van der Waals surface area (Å²) in [4.78, 5) is 72.5. The highest BCUT2D eigenvalue weighted by Gasteiger charge is 2.30. The van der Waals surface area contributed by atoms with Gasteiger partial charge in [-0.05, 0) is 31.6 Å². The van der Waals surface area contributed by atoms with E-state index in [4.69, 9.17) is 37.0 Å². The highest BCUT2D eigenvalue weighted by molar-refractivity contribution is 7.47. The Morgan fingerprint density at radius 3 is 0.756 bits per heavy atom. The first kappa shape index (κ1) is 88.1. The van der Waals surface area contributed by atoms with E-state index in [2.05, 4.69) is 34.6 Å². The molecule has 0 aliphatic carbocycles. The molecule has 19 heteroatoms. The second kappa shape index (κ2) is 64.4. The summed E-state index contributed by atoms with van der Waals surface area (Å²) in [5.74, 6) is -1.40. The van der Waals surface area contributed by atoms with Gasteiger partial charge in [0.05, 0.1) is 26.4 Å². The van der Waals surface area contributed by atoms with Gasteiger partial charge in [-0.1, -0.05) is 317 Å². The molecule has 5 atom stereocenters. The second-order valence-corrected chi connectivity index (χ2v) is 29.0. The monoisotopic (exact) mass is 1320 g/mol. The lowest BCUT2D eigenvalue weighted by atomic mass is 10.0. The van der Waals surface area contributed by atoms with Crippen molar-refractivity contribution in [1.82, 2.24) is 0 Å². The number of hydrogen-bond donors (Lipinski definition) is 3. The van der Waals surface area contributed by atoms with E-state index in [1.165, 1.54) is 193 Å². The minimum atomic E-state index is -4.95. The lowest BCUT2D eigenvalue weighted by molar-refractivity contribution is -0.161. The Labute approximate surface area is 549 Å². The molecule has 17 nitrogen and oxygen atoms in total. The molecule has 0 fully saturated rings. The summed E-state index contributed by atoms with van der Waals surface area (Å²) in [6.45, 7) is 7.20. The Morgan fingerprint density at radius 2 is 0.511 bits per heavy atom. The average molecular weight is 1330 g/mol. The molecule has 0 bridgehead atoms. The maximum atomic E-state index is 13.0. The van der Waals surface area contributed by atoms with E-state index in [1.54, 1.807) is 0 Å². The summed E-state index contributed by atoms with van der Waals surface area (Å²) < 4.78 is 68.3. The van der Waals surface area contributed by atoms with E-state index in [-0.39, 0.29) is 25.7 Å². The summed E-state index contributed by atoms with van der Waals surface area (Å²) in [6.07, 6.45) is 51.3. The molecule has 0 amide bonds. The molecule has 90 heavy (non-hydrogen) atoms. The van der Waals surface area contributed by atoms with E-state index < -0.39 is 97.5 Å². The van der Waals surface area contributed by atoms with Gasteiger partial charge < -0.3 is 33.8 Å². The zero-order valence-corrected chi connectivity index (χ0v) is 60.1. The lowest BCUT2D eigenvalue weighted by Crippen LogP contribution is -2.30. The molecule has 0 saturated carbocycles. The van der Waals surface area contributed by atoms with E-state index in [0.717, 1.165) is 95.8 Å². The molecule has 0 aliphatic rings. The van der Waals surface area contributed by atoms with Gasteiger partial charge in [0.25, 0.3) is 0 Å². The minimum absolute atomic E-state index is 0.105. The van der Waals surface area contributed by atoms with Crippen molar-refractivity contribution in [3.05, 3.63) is 0 Å². The molecule has 0 aromatic rings. The maximum absolute atomic E-state index is 13.0. The van der Waals surface area contributed by atoms with Crippen LogP contribution < -0.4 is 0 Å². The molecule has 534 valence electrons. The molecule has 0 aromatic carbocycles. The van der Waals surface area contributed by atoms with Crippen molar-refractivity contribution in [1.29, 1.82) is 0 Å². The minimum Gasteiger partial charge on any atom is -0.462 e. The summed E-state index contributed by atoms with van der Waals surface area (Å²) in [7, 11) is -9.90. The van der Waals surface area contributed by atoms with Crippen LogP contribution in [0.4, 0.5) is 0 Å². The van der Waals surface area contributed by atoms with Gasteiger partial charge in [-0.25, -0.2) is 9.13 Å². The van der Waals surface area contributed by atoms with Crippen LogP contribution in [0.1, 0.15) is 369 Å². The molecule has 3 N–H and O–H groups in total. The number of carbonyl (C=O) groups is 4. The Balaban J connectivity index is 5.23. The smallest absolute Gasteiger partial charge is 0.462 e. The predicted molar refractivity (Wildman–Crippen MR) is 363 cm³/mol. The molecular weight excluding hydrogens is 1190 g/mol. The molecule has 0 spiro atoms. The highest BCUT2D eigenvalue weighted by Crippen LogP contribution is 2.45. The van der Waals surface area contributed by atoms with Gasteiger partial charge in [-0.2, -0.15) is 0 Å². The number of phosphoric acid groups is 2. The molecule has 0 saturated heterocycles. The van der Waals surface area contributed by atoms with E-state index in [1.807, 2.05) is 0 Å². The van der Waals surface area contributed by atoms with Gasteiger partial charge in [-0.15, -0.1) is 0 Å². The van der Waals surface area contributed by atoms with Crippen LogP contribution in [-0.4, -0.2) is 96.7 Å². The number of ether oxygens (including phenoxy) is 4. The third-order valence-electron chi connectivity index (χ3n) is 16.5. The van der Waals surface area contributed by atoms with Crippen LogP contribution in [0.3, 0.4) is 0 Å². The van der Waals surface area contributed by atoms with Crippen LogP contribution in [0, 0.1) is 5.92 Å². The third-order valence-corrected chi connectivity index (χ3v) is 18.4. The standard InChI is InChI=1S/C71H138O17P2/c1-6-9-12-15-18-21-23-25-27-28-30-32-35-41-46-51-56-70(75)87-66(61-82-69(74)55-50-45-40-34-31-29-26-24-22-19-16-13-10-7-2)62-85-89(77,78)83-58-65(72)59-84-90(79,80)86-63-67(60-81-68(73)54-49-44-39-33-20-17-14-11-8-3)88-71(76)57-52-47-42-37-36-38-43-48-53-64(4)5/h64-67,72H,6-63H2,1-5H3,(H,77,78)(H,79,80)/t65-,66-,67-/m1/s1. The van der Waals surface area contributed by atoms with Crippen LogP contribution in [-0.2, 0) is 65.4 Å². The van der Waals surface area contributed by atoms with Gasteiger partial charge in [0.2, 0.25) is 0 Å². The normalized spacial score (nSPS) is 14.1.